The van der Waals surface area contributed by atoms with Crippen LogP contribution in [-0.4, -0.2) is 7.05 Å². The van der Waals surface area contributed by atoms with Crippen LogP contribution in [0.15, 0.2) is 52.3 Å². The Morgan fingerprint density at radius 1 is 1.00 bits per heavy atom. The van der Waals surface area contributed by atoms with E-state index in [2.05, 4.69) is 43.4 Å². The summed E-state index contributed by atoms with van der Waals surface area (Å²) in [5, 5.41) is 3.12. The predicted molar refractivity (Wildman–Crippen MR) is 88.5 cm³/mol. The highest BCUT2D eigenvalue weighted by molar-refractivity contribution is 7.99. The summed E-state index contributed by atoms with van der Waals surface area (Å²) < 4.78 is 14.1. The fourth-order valence-corrected chi connectivity index (χ4v) is 3.28. The van der Waals surface area contributed by atoms with Crippen LogP contribution in [0.3, 0.4) is 0 Å². The van der Waals surface area contributed by atoms with Gasteiger partial charge in [-0.05, 0) is 49.7 Å². The normalized spacial score (nSPS) is 12.7. The first-order valence-electron chi connectivity index (χ1n) is 7.26. The molecule has 0 heterocycles. The maximum absolute atomic E-state index is 14.1. The first-order valence-corrected chi connectivity index (χ1v) is 8.08. The van der Waals surface area contributed by atoms with E-state index in [1.165, 1.54) is 11.6 Å². The van der Waals surface area contributed by atoms with Crippen LogP contribution in [-0.2, 0) is 0 Å². The molecule has 0 aliphatic heterocycles. The Morgan fingerprint density at radius 3 is 2.24 bits per heavy atom. The number of benzene rings is 2. The topological polar surface area (TPSA) is 12.0 Å². The van der Waals surface area contributed by atoms with E-state index in [0.717, 1.165) is 15.4 Å². The molecular formula is C18H22FNS. The fourth-order valence-electron chi connectivity index (χ4n) is 2.22. The van der Waals surface area contributed by atoms with E-state index >= 15 is 0 Å². The van der Waals surface area contributed by atoms with E-state index in [1.807, 2.05) is 20.0 Å². The average molecular weight is 303 g/mol. The van der Waals surface area contributed by atoms with E-state index in [9.17, 15) is 4.39 Å². The summed E-state index contributed by atoms with van der Waals surface area (Å²) in [7, 11) is 1.85. The van der Waals surface area contributed by atoms with Crippen LogP contribution in [0, 0.1) is 5.82 Å². The molecule has 1 N–H and O–H groups in total. The molecule has 3 heteroatoms. The highest BCUT2D eigenvalue weighted by Crippen LogP contribution is 2.35. The van der Waals surface area contributed by atoms with Crippen LogP contribution in [0.4, 0.5) is 4.39 Å². The molecule has 0 radical (unpaired) electrons. The van der Waals surface area contributed by atoms with Gasteiger partial charge in [0.15, 0.2) is 0 Å². The van der Waals surface area contributed by atoms with Crippen LogP contribution in [0.25, 0.3) is 0 Å². The van der Waals surface area contributed by atoms with Gasteiger partial charge in [-0.1, -0.05) is 43.8 Å². The lowest BCUT2D eigenvalue weighted by Crippen LogP contribution is -2.14. The molecule has 0 aliphatic carbocycles. The maximum atomic E-state index is 14.1. The zero-order valence-electron chi connectivity index (χ0n) is 13.0. The summed E-state index contributed by atoms with van der Waals surface area (Å²) in [5.41, 5.74) is 2.06. The molecule has 0 saturated heterocycles. The fraction of sp³-hybridized carbons (Fsp3) is 0.333. The Labute approximate surface area is 131 Å². The van der Waals surface area contributed by atoms with Crippen molar-refractivity contribution in [2.75, 3.05) is 7.05 Å². The molecule has 0 saturated carbocycles. The lowest BCUT2D eigenvalue weighted by atomic mass is 10.0. The van der Waals surface area contributed by atoms with Gasteiger partial charge in [0.2, 0.25) is 0 Å². The molecule has 0 fully saturated rings. The van der Waals surface area contributed by atoms with Gasteiger partial charge in [0, 0.05) is 21.4 Å². The molecular weight excluding hydrogens is 281 g/mol. The van der Waals surface area contributed by atoms with Gasteiger partial charge in [0.25, 0.3) is 0 Å². The number of nitrogens with one attached hydrogen (secondary N) is 1. The lowest BCUT2D eigenvalue weighted by Gasteiger charge is -2.16. The van der Waals surface area contributed by atoms with Crippen LogP contribution in [0.2, 0.25) is 0 Å². The van der Waals surface area contributed by atoms with Gasteiger partial charge >= 0.3 is 0 Å². The minimum atomic E-state index is -0.152. The molecule has 1 nitrogen and oxygen atoms in total. The molecule has 0 aromatic heterocycles. The van der Waals surface area contributed by atoms with Crippen molar-refractivity contribution in [3.05, 3.63) is 59.4 Å². The molecule has 0 amide bonds. The van der Waals surface area contributed by atoms with Crippen molar-refractivity contribution in [2.24, 2.45) is 0 Å². The highest BCUT2D eigenvalue weighted by Gasteiger charge is 2.15. The molecule has 0 spiro atoms. The zero-order valence-corrected chi connectivity index (χ0v) is 13.8. The van der Waals surface area contributed by atoms with Crippen LogP contribution < -0.4 is 5.32 Å². The Bertz CT molecular complexity index is 593. The molecule has 1 unspecified atom stereocenters. The smallest absolute Gasteiger partial charge is 0.129 e. The number of hydrogen-bond donors (Lipinski definition) is 1. The Kier molecular flexibility index (Phi) is 5.43. The third kappa shape index (κ3) is 3.86. The molecule has 112 valence electrons. The van der Waals surface area contributed by atoms with E-state index in [0.29, 0.717) is 5.92 Å². The zero-order chi connectivity index (χ0) is 15.4. The summed E-state index contributed by atoms with van der Waals surface area (Å²) in [6, 6.07) is 13.8. The monoisotopic (exact) mass is 303 g/mol. The minimum absolute atomic E-state index is 0.0105. The average Bonchev–Trinajstić information content (AvgIpc) is 2.47. The van der Waals surface area contributed by atoms with E-state index < -0.39 is 0 Å². The third-order valence-corrected chi connectivity index (χ3v) is 4.74. The third-order valence-electron chi connectivity index (χ3n) is 3.65. The molecule has 21 heavy (non-hydrogen) atoms. The summed E-state index contributed by atoms with van der Waals surface area (Å²) in [6.45, 7) is 6.34. The first-order chi connectivity index (χ1) is 10.0. The van der Waals surface area contributed by atoms with Gasteiger partial charge in [-0.25, -0.2) is 4.39 Å². The standard InChI is InChI=1S/C18H22FNS/c1-12(2)14-8-10-15(11-9-14)21-17-7-5-6-16(19)18(17)13(3)20-4/h5-13,20H,1-4H3. The quantitative estimate of drug-likeness (QED) is 0.795. The Hall–Kier alpha value is -1.32. The van der Waals surface area contributed by atoms with Gasteiger partial charge in [0.05, 0.1) is 0 Å². The largest absolute Gasteiger partial charge is 0.313 e. The second kappa shape index (κ2) is 7.10. The molecule has 2 aromatic carbocycles. The predicted octanol–water partition coefficient (Wildman–Crippen LogP) is 5.38. The van der Waals surface area contributed by atoms with E-state index in [1.54, 1.807) is 17.8 Å². The number of hydrogen-bond acceptors (Lipinski definition) is 2. The first kappa shape index (κ1) is 16.1. The van der Waals surface area contributed by atoms with Crippen molar-refractivity contribution in [2.45, 2.75) is 42.5 Å². The Balaban J connectivity index is 2.29. The summed E-state index contributed by atoms with van der Waals surface area (Å²) in [4.78, 5) is 2.10. The van der Waals surface area contributed by atoms with Crippen molar-refractivity contribution in [3.63, 3.8) is 0 Å². The van der Waals surface area contributed by atoms with Crippen LogP contribution in [0.1, 0.15) is 43.9 Å². The van der Waals surface area contributed by atoms with Crippen molar-refractivity contribution >= 4 is 11.8 Å². The summed E-state index contributed by atoms with van der Waals surface area (Å²) in [6.07, 6.45) is 0. The second-order valence-corrected chi connectivity index (χ2v) is 6.60. The van der Waals surface area contributed by atoms with Gasteiger partial charge in [0.1, 0.15) is 5.82 Å². The summed E-state index contributed by atoms with van der Waals surface area (Å²) >= 11 is 1.61. The second-order valence-electron chi connectivity index (χ2n) is 5.49. The van der Waals surface area contributed by atoms with Crippen molar-refractivity contribution in [1.82, 2.24) is 5.32 Å². The summed E-state index contributed by atoms with van der Waals surface area (Å²) in [5.74, 6) is 0.374. The molecule has 2 rings (SSSR count). The maximum Gasteiger partial charge on any atom is 0.129 e. The van der Waals surface area contributed by atoms with Crippen LogP contribution >= 0.6 is 11.8 Å². The van der Waals surface area contributed by atoms with Gasteiger partial charge in [-0.3, -0.25) is 0 Å². The molecule has 2 aromatic rings. The van der Waals surface area contributed by atoms with Crippen molar-refractivity contribution in [3.8, 4) is 0 Å². The number of rotatable bonds is 5. The molecule has 0 aliphatic rings. The highest BCUT2D eigenvalue weighted by atomic mass is 32.2. The van der Waals surface area contributed by atoms with E-state index in [4.69, 9.17) is 0 Å². The minimum Gasteiger partial charge on any atom is -0.313 e. The van der Waals surface area contributed by atoms with E-state index in [-0.39, 0.29) is 11.9 Å². The van der Waals surface area contributed by atoms with Gasteiger partial charge in [-0.2, -0.15) is 0 Å². The van der Waals surface area contributed by atoms with Gasteiger partial charge < -0.3 is 5.32 Å². The van der Waals surface area contributed by atoms with Gasteiger partial charge in [-0.15, -0.1) is 0 Å². The number of halogens is 1. The van der Waals surface area contributed by atoms with Crippen molar-refractivity contribution < 1.29 is 4.39 Å². The Morgan fingerprint density at radius 2 is 1.67 bits per heavy atom. The molecule has 0 bridgehead atoms. The molecule has 1 atom stereocenters. The SMILES string of the molecule is CNC(C)c1c(F)cccc1Sc1ccc(C(C)C)cc1. The van der Waals surface area contributed by atoms with Crippen molar-refractivity contribution in [1.29, 1.82) is 0 Å². The van der Waals surface area contributed by atoms with Crippen LogP contribution in [0.5, 0.6) is 0 Å². The lowest BCUT2D eigenvalue weighted by molar-refractivity contribution is 0.552.